The fourth-order valence-electron chi connectivity index (χ4n) is 2.52. The first kappa shape index (κ1) is 21.1. The first-order valence-corrected chi connectivity index (χ1v) is 9.13. The Hall–Kier alpha value is -1.96. The van der Waals surface area contributed by atoms with Crippen LogP contribution in [0.2, 0.25) is 0 Å². The van der Waals surface area contributed by atoms with Gasteiger partial charge in [0, 0.05) is 4.75 Å². The highest BCUT2D eigenvalue weighted by Crippen LogP contribution is 2.56. The van der Waals surface area contributed by atoms with E-state index in [1.54, 1.807) is 34.6 Å². The molecule has 2 N–H and O–H groups in total. The quantitative estimate of drug-likeness (QED) is 0.434. The van der Waals surface area contributed by atoms with E-state index in [1.807, 2.05) is 0 Å². The van der Waals surface area contributed by atoms with Gasteiger partial charge < -0.3 is 15.1 Å². The molecule has 0 aromatic rings. The smallest absolute Gasteiger partial charge is 0.327 e. The van der Waals surface area contributed by atoms with Gasteiger partial charge in [0.2, 0.25) is 0 Å². The van der Waals surface area contributed by atoms with Crippen LogP contribution in [0.15, 0.2) is 11.6 Å². The zero-order valence-corrected chi connectivity index (χ0v) is 16.1. The zero-order chi connectivity index (χ0) is 19.9. The lowest BCUT2D eigenvalue weighted by Gasteiger charge is -2.39. The molecule has 2 heterocycles. The molecule has 140 valence electrons. The zero-order valence-electron chi connectivity index (χ0n) is 15.3. The molecule has 1 amide bonds. The summed E-state index contributed by atoms with van der Waals surface area (Å²) in [7, 11) is -0.535. The number of carbonyl (C=O) groups is 4. The van der Waals surface area contributed by atoms with E-state index in [2.05, 4.69) is 5.87 Å². The molecule has 3 atom stereocenters. The van der Waals surface area contributed by atoms with Gasteiger partial charge in [0.15, 0.2) is 5.78 Å². The molecule has 0 bridgehead atoms. The van der Waals surface area contributed by atoms with Crippen molar-refractivity contribution >= 4 is 40.0 Å². The van der Waals surface area contributed by atoms with Crippen LogP contribution in [0.4, 0.5) is 0 Å². The molecule has 1 unspecified atom stereocenters. The lowest BCUT2D eigenvalue weighted by atomic mass is 9.95. The van der Waals surface area contributed by atoms with Crippen LogP contribution in [0.25, 0.3) is 0 Å². The van der Waals surface area contributed by atoms with E-state index >= 15 is 0 Å². The SMILES string of the molecule is C=S1[C@@H]2/C(=C\C(C)=O)C(=O)N2[C@@H](C(=O)O)C1(C)C.CC(C)(C)C(=O)O. The van der Waals surface area contributed by atoms with Crippen LogP contribution < -0.4 is 0 Å². The number of aliphatic carboxylic acids is 2. The van der Waals surface area contributed by atoms with Crippen molar-refractivity contribution in [2.24, 2.45) is 5.41 Å². The molecule has 0 aliphatic carbocycles. The summed E-state index contributed by atoms with van der Waals surface area (Å²) in [6.45, 7) is 9.97. The Morgan fingerprint density at radius 3 is 2.00 bits per heavy atom. The number of allylic oxidation sites excluding steroid dienone is 1. The average molecular weight is 371 g/mol. The summed E-state index contributed by atoms with van der Waals surface area (Å²) in [5.41, 5.74) is -0.183. The monoisotopic (exact) mass is 371 g/mol. The van der Waals surface area contributed by atoms with Gasteiger partial charge in [0.25, 0.3) is 5.91 Å². The Kier molecular flexibility index (Phi) is 5.69. The van der Waals surface area contributed by atoms with Gasteiger partial charge in [-0.05, 0) is 47.6 Å². The van der Waals surface area contributed by atoms with Crippen molar-refractivity contribution in [3.63, 3.8) is 0 Å². The van der Waals surface area contributed by atoms with Crippen LogP contribution in [0.1, 0.15) is 41.5 Å². The third kappa shape index (κ3) is 3.84. The Morgan fingerprint density at radius 2 is 1.68 bits per heavy atom. The molecule has 2 saturated heterocycles. The summed E-state index contributed by atoms with van der Waals surface area (Å²) in [5, 5.41) is 17.2. The molecular formula is C17H25NO6S. The molecule has 8 heteroatoms. The summed E-state index contributed by atoms with van der Waals surface area (Å²) >= 11 is 0. The second-order valence-corrected chi connectivity index (χ2v) is 9.96. The fourth-order valence-corrected chi connectivity index (χ4v) is 4.57. The molecule has 0 saturated carbocycles. The third-order valence-corrected chi connectivity index (χ3v) is 6.71. The number of carbonyl (C=O) groups excluding carboxylic acids is 2. The first-order valence-electron chi connectivity index (χ1n) is 7.68. The van der Waals surface area contributed by atoms with Crippen molar-refractivity contribution in [1.29, 1.82) is 0 Å². The summed E-state index contributed by atoms with van der Waals surface area (Å²) in [5.74, 6) is 1.69. The number of nitrogens with zero attached hydrogens (tertiary/aromatic N) is 1. The molecule has 0 aromatic carbocycles. The van der Waals surface area contributed by atoms with E-state index in [0.717, 1.165) is 0 Å². The van der Waals surface area contributed by atoms with Crippen molar-refractivity contribution in [2.75, 3.05) is 0 Å². The number of ketones is 1. The molecule has 0 aromatic heterocycles. The van der Waals surface area contributed by atoms with Crippen LogP contribution in [0, 0.1) is 5.41 Å². The topological polar surface area (TPSA) is 112 Å². The minimum atomic E-state index is -1.01. The average Bonchev–Trinajstić information content (AvgIpc) is 2.61. The van der Waals surface area contributed by atoms with Crippen LogP contribution in [0.3, 0.4) is 0 Å². The maximum absolute atomic E-state index is 11.9. The second-order valence-electron chi connectivity index (χ2n) is 7.60. The minimum Gasteiger partial charge on any atom is -0.481 e. The van der Waals surface area contributed by atoms with Crippen molar-refractivity contribution < 1.29 is 29.4 Å². The summed E-state index contributed by atoms with van der Waals surface area (Å²) in [6, 6.07) is -0.861. The number of carboxylic acid groups (broad SMARTS) is 2. The maximum atomic E-state index is 11.9. The molecule has 2 aliphatic heterocycles. The lowest BCUT2D eigenvalue weighted by molar-refractivity contribution is -0.152. The Bertz CT molecular complexity index is 686. The number of amides is 1. The highest BCUT2D eigenvalue weighted by Gasteiger charge is 2.62. The molecule has 2 rings (SSSR count). The minimum absolute atomic E-state index is 0.202. The molecule has 0 spiro atoms. The number of carboxylic acids is 2. The van der Waals surface area contributed by atoms with Gasteiger partial charge in [0.1, 0.15) is 11.4 Å². The van der Waals surface area contributed by atoms with Crippen molar-refractivity contribution in [3.8, 4) is 0 Å². The van der Waals surface area contributed by atoms with Gasteiger partial charge in [-0.3, -0.25) is 14.4 Å². The van der Waals surface area contributed by atoms with Crippen LogP contribution in [-0.2, 0) is 19.2 Å². The van der Waals surface area contributed by atoms with Gasteiger partial charge in [0.05, 0.1) is 11.0 Å². The lowest BCUT2D eigenvalue weighted by Crippen LogP contribution is -2.58. The van der Waals surface area contributed by atoms with E-state index in [4.69, 9.17) is 5.11 Å². The van der Waals surface area contributed by atoms with E-state index in [9.17, 15) is 24.3 Å². The van der Waals surface area contributed by atoms with E-state index in [0.29, 0.717) is 5.57 Å². The van der Waals surface area contributed by atoms with Crippen molar-refractivity contribution in [3.05, 3.63) is 11.6 Å². The predicted octanol–water partition coefficient (Wildman–Crippen LogP) is 1.73. The standard InChI is InChI=1S/C12H15NO4S.C5H10O2/c1-6(14)5-7-9(15)13-8(11(16)17)12(2,3)18(4)10(7)13;1-5(2,3)4(6)7/h5,8,10H,4H2,1-3H3,(H,16,17);1-3H3,(H,6,7)/b7-5-;/t8-,10+,18?;/m0./s1. The van der Waals surface area contributed by atoms with E-state index in [-0.39, 0.29) is 17.1 Å². The number of hydrogen-bond donors (Lipinski definition) is 2. The first-order chi connectivity index (χ1) is 11.1. The summed E-state index contributed by atoms with van der Waals surface area (Å²) < 4.78 is -0.585. The highest BCUT2D eigenvalue weighted by atomic mass is 32.2. The van der Waals surface area contributed by atoms with Crippen LogP contribution >= 0.6 is 10.5 Å². The molecule has 25 heavy (non-hydrogen) atoms. The van der Waals surface area contributed by atoms with Crippen molar-refractivity contribution in [1.82, 2.24) is 4.90 Å². The van der Waals surface area contributed by atoms with Gasteiger partial charge in [-0.25, -0.2) is 4.79 Å². The molecular weight excluding hydrogens is 346 g/mol. The van der Waals surface area contributed by atoms with Gasteiger partial charge in [-0.1, -0.05) is 5.87 Å². The summed E-state index contributed by atoms with van der Waals surface area (Å²) in [6.07, 6.45) is 1.30. The largest absolute Gasteiger partial charge is 0.481 e. The Morgan fingerprint density at radius 1 is 1.24 bits per heavy atom. The molecule has 2 fully saturated rings. The second kappa shape index (κ2) is 6.74. The third-order valence-electron chi connectivity index (χ3n) is 4.12. The van der Waals surface area contributed by atoms with Crippen LogP contribution in [-0.4, -0.2) is 60.8 Å². The highest BCUT2D eigenvalue weighted by molar-refractivity contribution is 8.16. The van der Waals surface area contributed by atoms with Gasteiger partial charge in [-0.15, -0.1) is 0 Å². The number of rotatable bonds is 2. The normalized spacial score (nSPS) is 28.6. The summed E-state index contributed by atoms with van der Waals surface area (Å²) in [4.78, 5) is 45.7. The molecule has 0 radical (unpaired) electrons. The van der Waals surface area contributed by atoms with E-state index < -0.39 is 38.6 Å². The van der Waals surface area contributed by atoms with Crippen LogP contribution in [0.5, 0.6) is 0 Å². The van der Waals surface area contributed by atoms with Gasteiger partial charge in [-0.2, -0.15) is 10.5 Å². The molecule has 2 aliphatic rings. The molecule has 7 nitrogen and oxygen atoms in total. The number of β-lactam (4-membered cyclic amide) rings is 1. The number of hydrogen-bond acceptors (Lipinski definition) is 4. The fraction of sp³-hybridized carbons (Fsp3) is 0.588. The number of fused-ring (bicyclic) bond motifs is 1. The van der Waals surface area contributed by atoms with E-state index in [1.165, 1.54) is 17.9 Å². The Labute approximate surface area is 149 Å². The predicted molar refractivity (Wildman–Crippen MR) is 96.7 cm³/mol. The maximum Gasteiger partial charge on any atom is 0.327 e. The van der Waals surface area contributed by atoms with Crippen molar-refractivity contribution in [2.45, 2.75) is 57.7 Å². The Balaban J connectivity index is 0.000000381. The van der Waals surface area contributed by atoms with Gasteiger partial charge >= 0.3 is 11.9 Å².